The molecule has 96 valence electrons. The van der Waals surface area contributed by atoms with Gasteiger partial charge in [0.25, 0.3) is 5.56 Å². The Morgan fingerprint density at radius 1 is 1.39 bits per heavy atom. The highest BCUT2D eigenvalue weighted by molar-refractivity contribution is 6.32. The largest absolute Gasteiger partial charge is 0.391 e. The van der Waals surface area contributed by atoms with E-state index in [9.17, 15) is 9.90 Å². The summed E-state index contributed by atoms with van der Waals surface area (Å²) in [6.45, 7) is 3.64. The van der Waals surface area contributed by atoms with Gasteiger partial charge in [-0.05, 0) is 18.1 Å². The molecule has 0 aliphatic carbocycles. The van der Waals surface area contributed by atoms with Gasteiger partial charge < -0.3 is 5.11 Å². The van der Waals surface area contributed by atoms with Crippen molar-refractivity contribution in [2.75, 3.05) is 0 Å². The fraction of sp³-hybridized carbons (Fsp3) is 0.308. The predicted octanol–water partition coefficient (Wildman–Crippen LogP) is 2.43. The second kappa shape index (κ2) is 5.00. The molecule has 18 heavy (non-hydrogen) atoms. The summed E-state index contributed by atoms with van der Waals surface area (Å²) in [5.41, 5.74) is 1.47. The Morgan fingerprint density at radius 3 is 2.56 bits per heavy atom. The molecule has 0 atom stereocenters. The van der Waals surface area contributed by atoms with Gasteiger partial charge in [-0.1, -0.05) is 37.6 Å². The Balaban J connectivity index is 2.67. The van der Waals surface area contributed by atoms with Crippen LogP contribution in [0.4, 0.5) is 0 Å². The minimum atomic E-state index is -0.277. The van der Waals surface area contributed by atoms with E-state index in [1.54, 1.807) is 18.2 Å². The van der Waals surface area contributed by atoms with Crippen LogP contribution >= 0.6 is 11.6 Å². The summed E-state index contributed by atoms with van der Waals surface area (Å²) in [4.78, 5) is 12.2. The molecule has 1 aromatic heterocycles. The summed E-state index contributed by atoms with van der Waals surface area (Å²) < 4.78 is 1.38. The van der Waals surface area contributed by atoms with E-state index in [-0.39, 0.29) is 18.1 Å². The molecule has 1 aromatic carbocycles. The van der Waals surface area contributed by atoms with Crippen molar-refractivity contribution in [1.29, 1.82) is 0 Å². The van der Waals surface area contributed by atoms with E-state index in [2.05, 4.69) is 5.10 Å². The number of aromatic amines is 1. The monoisotopic (exact) mass is 266 g/mol. The lowest BCUT2D eigenvalue weighted by Gasteiger charge is -2.05. The van der Waals surface area contributed by atoms with E-state index >= 15 is 0 Å². The fourth-order valence-corrected chi connectivity index (χ4v) is 2.14. The molecular weight excluding hydrogens is 252 g/mol. The molecule has 0 radical (unpaired) electrons. The Hall–Kier alpha value is -1.52. The number of hydrogen-bond acceptors (Lipinski definition) is 2. The number of nitrogens with one attached hydrogen (secondary N) is 1. The summed E-state index contributed by atoms with van der Waals surface area (Å²) in [6.07, 6.45) is 0. The highest BCUT2D eigenvalue weighted by atomic mass is 35.5. The van der Waals surface area contributed by atoms with Crippen molar-refractivity contribution in [2.24, 2.45) is 0 Å². The zero-order valence-corrected chi connectivity index (χ0v) is 11.0. The van der Waals surface area contributed by atoms with Crippen molar-refractivity contribution in [2.45, 2.75) is 26.4 Å². The highest BCUT2D eigenvalue weighted by Gasteiger charge is 2.17. The Morgan fingerprint density at radius 2 is 2.06 bits per heavy atom. The summed E-state index contributed by atoms with van der Waals surface area (Å²) in [5.74, 6) is 0.128. The van der Waals surface area contributed by atoms with Crippen molar-refractivity contribution in [3.05, 3.63) is 50.9 Å². The lowest BCUT2D eigenvalue weighted by atomic mass is 10.1. The third-order valence-corrected chi connectivity index (χ3v) is 3.17. The van der Waals surface area contributed by atoms with E-state index < -0.39 is 0 Å². The number of nitrogens with zero attached hydrogens (tertiary/aromatic N) is 1. The number of rotatable bonds is 3. The first-order valence-corrected chi connectivity index (χ1v) is 6.13. The number of aromatic nitrogens is 2. The van der Waals surface area contributed by atoms with Gasteiger partial charge in [0.2, 0.25) is 0 Å². The molecule has 0 amide bonds. The first-order chi connectivity index (χ1) is 8.56. The molecule has 4 nitrogen and oxygen atoms in total. The smallest absolute Gasteiger partial charge is 0.277 e. The molecule has 0 spiro atoms. The van der Waals surface area contributed by atoms with Crippen molar-refractivity contribution < 1.29 is 5.11 Å². The number of aliphatic hydroxyl groups excluding tert-OH is 1. The van der Waals surface area contributed by atoms with Crippen molar-refractivity contribution in [3.63, 3.8) is 0 Å². The summed E-state index contributed by atoms with van der Waals surface area (Å²) in [6, 6.07) is 7.08. The average Bonchev–Trinajstić information content (AvgIpc) is 2.67. The van der Waals surface area contributed by atoms with Crippen LogP contribution in [0, 0.1) is 0 Å². The summed E-state index contributed by atoms with van der Waals surface area (Å²) >= 11 is 6.07. The maximum Gasteiger partial charge on any atom is 0.277 e. The molecule has 1 heterocycles. The van der Waals surface area contributed by atoms with Gasteiger partial charge in [0.1, 0.15) is 0 Å². The van der Waals surface area contributed by atoms with Crippen LogP contribution in [0.3, 0.4) is 0 Å². The van der Waals surface area contributed by atoms with Crippen LogP contribution in [0.1, 0.15) is 31.0 Å². The number of benzene rings is 1. The van der Waals surface area contributed by atoms with Crippen molar-refractivity contribution in [3.8, 4) is 5.69 Å². The van der Waals surface area contributed by atoms with Crippen molar-refractivity contribution >= 4 is 11.6 Å². The molecule has 2 rings (SSSR count). The van der Waals surface area contributed by atoms with Gasteiger partial charge in [-0.15, -0.1) is 0 Å². The normalized spacial score (nSPS) is 11.2. The quantitative estimate of drug-likeness (QED) is 0.896. The number of aliphatic hydroxyl groups is 1. The van der Waals surface area contributed by atoms with Gasteiger partial charge in [-0.3, -0.25) is 9.89 Å². The first kappa shape index (κ1) is 12.9. The van der Waals surface area contributed by atoms with Crippen LogP contribution < -0.4 is 5.56 Å². The zero-order chi connectivity index (χ0) is 13.3. The first-order valence-electron chi connectivity index (χ1n) is 5.75. The second-order valence-electron chi connectivity index (χ2n) is 4.41. The minimum absolute atomic E-state index is 0.128. The molecule has 2 N–H and O–H groups in total. The zero-order valence-electron chi connectivity index (χ0n) is 10.3. The van der Waals surface area contributed by atoms with Gasteiger partial charge in [0.05, 0.1) is 22.9 Å². The van der Waals surface area contributed by atoms with Gasteiger partial charge in [0.15, 0.2) is 0 Å². The topological polar surface area (TPSA) is 58.0 Å². The molecule has 0 aliphatic heterocycles. The highest BCUT2D eigenvalue weighted by Crippen LogP contribution is 2.21. The van der Waals surface area contributed by atoms with Crippen LogP contribution in [-0.4, -0.2) is 14.9 Å². The molecule has 0 unspecified atom stereocenters. The molecule has 0 aliphatic rings. The molecular formula is C13H15ClN2O2. The minimum Gasteiger partial charge on any atom is -0.391 e. The van der Waals surface area contributed by atoms with Crippen LogP contribution in [-0.2, 0) is 6.61 Å². The number of hydrogen-bond donors (Lipinski definition) is 2. The van der Waals surface area contributed by atoms with Crippen molar-refractivity contribution in [1.82, 2.24) is 9.78 Å². The van der Waals surface area contributed by atoms with Gasteiger partial charge in [-0.25, -0.2) is 4.68 Å². The fourth-order valence-electron chi connectivity index (χ4n) is 1.92. The number of H-pyrrole nitrogens is 1. The molecule has 5 heteroatoms. The summed E-state index contributed by atoms with van der Waals surface area (Å²) in [5, 5.41) is 12.8. The third-order valence-electron chi connectivity index (χ3n) is 2.85. The average molecular weight is 267 g/mol. The lowest BCUT2D eigenvalue weighted by Crippen LogP contribution is -2.17. The molecule has 0 fully saturated rings. The van der Waals surface area contributed by atoms with E-state index in [1.165, 1.54) is 4.68 Å². The van der Waals surface area contributed by atoms with Gasteiger partial charge in [-0.2, -0.15) is 0 Å². The second-order valence-corrected chi connectivity index (χ2v) is 4.82. The molecule has 2 aromatic rings. The van der Waals surface area contributed by atoms with Crippen LogP contribution in [0.15, 0.2) is 29.1 Å². The Labute approximate surface area is 110 Å². The van der Waals surface area contributed by atoms with Crippen LogP contribution in [0.2, 0.25) is 5.02 Å². The van der Waals surface area contributed by atoms with Crippen LogP contribution in [0.25, 0.3) is 5.69 Å². The lowest BCUT2D eigenvalue weighted by molar-refractivity contribution is 0.279. The number of para-hydroxylation sites is 1. The van der Waals surface area contributed by atoms with Gasteiger partial charge in [0, 0.05) is 5.69 Å². The molecule has 0 saturated carbocycles. The van der Waals surface area contributed by atoms with Crippen LogP contribution in [0.5, 0.6) is 0 Å². The maximum atomic E-state index is 12.2. The van der Waals surface area contributed by atoms with Gasteiger partial charge >= 0.3 is 0 Å². The van der Waals surface area contributed by atoms with E-state index in [1.807, 2.05) is 19.9 Å². The van der Waals surface area contributed by atoms with E-state index in [0.29, 0.717) is 16.3 Å². The molecule has 0 saturated heterocycles. The third kappa shape index (κ3) is 2.09. The SMILES string of the molecule is CC(C)c1[nH]n(-c2ccccc2Cl)c(=O)c1CO. The predicted molar refractivity (Wildman–Crippen MR) is 71.4 cm³/mol. The molecule has 0 bridgehead atoms. The maximum absolute atomic E-state index is 12.2. The van der Waals surface area contributed by atoms with E-state index in [0.717, 1.165) is 5.69 Å². The standard InChI is InChI=1S/C13H15ClN2O2/c1-8(2)12-9(7-17)13(18)16(15-12)11-6-4-3-5-10(11)14/h3-6,8,15,17H,7H2,1-2H3. The Bertz CT molecular complexity index is 614. The summed E-state index contributed by atoms with van der Waals surface area (Å²) in [7, 11) is 0. The van der Waals surface area contributed by atoms with E-state index in [4.69, 9.17) is 11.6 Å². The Kier molecular flexibility index (Phi) is 3.59. The number of halogens is 1.